The van der Waals surface area contributed by atoms with Gasteiger partial charge in [-0.15, -0.1) is 10.2 Å². The molecule has 1 aromatic rings. The third-order valence-corrected chi connectivity index (χ3v) is 3.78. The lowest BCUT2D eigenvalue weighted by atomic mass is 10.2. The van der Waals surface area contributed by atoms with Gasteiger partial charge in [-0.1, -0.05) is 18.7 Å². The van der Waals surface area contributed by atoms with Crippen LogP contribution in [0.5, 0.6) is 0 Å². The van der Waals surface area contributed by atoms with Gasteiger partial charge in [-0.2, -0.15) is 0 Å². The van der Waals surface area contributed by atoms with Crippen LogP contribution in [0.4, 0.5) is 0 Å². The maximum atomic E-state index is 4.50. The molecule has 16 heavy (non-hydrogen) atoms. The smallest absolute Gasteiger partial charge is 0.157 e. The van der Waals surface area contributed by atoms with Gasteiger partial charge in [0.05, 0.1) is 6.04 Å². The van der Waals surface area contributed by atoms with E-state index >= 15 is 0 Å². The SMILES string of the molecule is CC1CN=C(NC(C)c2nncn2C)SC1. The first-order valence-electron chi connectivity index (χ1n) is 5.44. The first-order valence-corrected chi connectivity index (χ1v) is 6.43. The largest absolute Gasteiger partial charge is 0.355 e. The van der Waals surface area contributed by atoms with E-state index in [1.807, 2.05) is 11.6 Å². The van der Waals surface area contributed by atoms with Gasteiger partial charge in [0.1, 0.15) is 6.33 Å². The minimum atomic E-state index is 0.146. The molecule has 6 heteroatoms. The van der Waals surface area contributed by atoms with Crippen LogP contribution in [0, 0.1) is 5.92 Å². The summed E-state index contributed by atoms with van der Waals surface area (Å²) >= 11 is 1.78. The lowest BCUT2D eigenvalue weighted by molar-refractivity contribution is 0.618. The monoisotopic (exact) mass is 239 g/mol. The number of aryl methyl sites for hydroxylation is 1. The van der Waals surface area contributed by atoms with E-state index in [0.717, 1.165) is 23.3 Å². The second kappa shape index (κ2) is 4.86. The average molecular weight is 239 g/mol. The van der Waals surface area contributed by atoms with Gasteiger partial charge in [0.25, 0.3) is 0 Å². The lowest BCUT2D eigenvalue weighted by Crippen LogP contribution is -2.29. The van der Waals surface area contributed by atoms with Crippen LogP contribution in [0.2, 0.25) is 0 Å². The predicted molar refractivity (Wildman–Crippen MR) is 66.5 cm³/mol. The molecule has 1 N–H and O–H groups in total. The minimum Gasteiger partial charge on any atom is -0.355 e. The molecular formula is C10H17N5S. The van der Waals surface area contributed by atoms with Crippen LogP contribution >= 0.6 is 11.8 Å². The van der Waals surface area contributed by atoms with E-state index in [-0.39, 0.29) is 6.04 Å². The summed E-state index contributed by atoms with van der Waals surface area (Å²) in [6, 6.07) is 0.146. The molecule has 1 aromatic heterocycles. The molecule has 2 atom stereocenters. The molecule has 0 bridgehead atoms. The Bertz CT molecular complexity index is 386. The van der Waals surface area contributed by atoms with Gasteiger partial charge in [-0.3, -0.25) is 4.99 Å². The van der Waals surface area contributed by atoms with Gasteiger partial charge >= 0.3 is 0 Å². The second-order valence-electron chi connectivity index (χ2n) is 4.23. The fourth-order valence-electron chi connectivity index (χ4n) is 1.58. The summed E-state index contributed by atoms with van der Waals surface area (Å²) in [6.07, 6.45) is 1.71. The Balaban J connectivity index is 1.98. The first-order chi connectivity index (χ1) is 7.66. The molecule has 0 aliphatic carbocycles. The predicted octanol–water partition coefficient (Wildman–Crippen LogP) is 1.20. The highest BCUT2D eigenvalue weighted by molar-refractivity contribution is 8.13. The number of nitrogens with one attached hydrogen (secondary N) is 1. The van der Waals surface area contributed by atoms with Crippen LogP contribution < -0.4 is 5.32 Å². The highest BCUT2D eigenvalue weighted by atomic mass is 32.2. The highest BCUT2D eigenvalue weighted by Crippen LogP contribution is 2.18. The van der Waals surface area contributed by atoms with Crippen molar-refractivity contribution < 1.29 is 0 Å². The molecule has 0 amide bonds. The van der Waals surface area contributed by atoms with E-state index in [1.54, 1.807) is 18.1 Å². The summed E-state index contributed by atoms with van der Waals surface area (Å²) in [6.45, 7) is 5.21. The highest BCUT2D eigenvalue weighted by Gasteiger charge is 2.16. The number of nitrogens with zero attached hydrogens (tertiary/aromatic N) is 4. The fourth-order valence-corrected chi connectivity index (χ4v) is 2.55. The van der Waals surface area contributed by atoms with Crippen molar-refractivity contribution in [3.05, 3.63) is 12.2 Å². The maximum Gasteiger partial charge on any atom is 0.157 e. The average Bonchev–Trinajstić information content (AvgIpc) is 2.68. The number of thioether (sulfide) groups is 1. The van der Waals surface area contributed by atoms with Crippen molar-refractivity contribution in [3.8, 4) is 0 Å². The van der Waals surface area contributed by atoms with Crippen LogP contribution in [-0.4, -0.2) is 32.2 Å². The summed E-state index contributed by atoms with van der Waals surface area (Å²) in [5.41, 5.74) is 0. The summed E-state index contributed by atoms with van der Waals surface area (Å²) in [5, 5.41) is 12.4. The molecule has 1 aliphatic heterocycles. The van der Waals surface area contributed by atoms with Crippen molar-refractivity contribution in [2.45, 2.75) is 19.9 Å². The van der Waals surface area contributed by atoms with Crippen molar-refractivity contribution in [1.29, 1.82) is 0 Å². The summed E-state index contributed by atoms with van der Waals surface area (Å²) < 4.78 is 1.92. The molecule has 0 radical (unpaired) electrons. The number of aromatic nitrogens is 3. The molecule has 2 unspecified atom stereocenters. The Morgan fingerprint density at radius 3 is 3.00 bits per heavy atom. The van der Waals surface area contributed by atoms with Crippen molar-refractivity contribution in [2.75, 3.05) is 12.3 Å². The third kappa shape index (κ3) is 2.55. The second-order valence-corrected chi connectivity index (χ2v) is 5.24. The Morgan fingerprint density at radius 2 is 2.44 bits per heavy atom. The normalized spacial score (nSPS) is 22.7. The molecule has 0 saturated carbocycles. The third-order valence-electron chi connectivity index (χ3n) is 2.52. The molecular weight excluding hydrogens is 222 g/mol. The number of amidine groups is 1. The molecule has 0 fully saturated rings. The van der Waals surface area contributed by atoms with E-state index in [0.29, 0.717) is 5.92 Å². The van der Waals surface area contributed by atoms with E-state index in [2.05, 4.69) is 34.4 Å². The topological polar surface area (TPSA) is 55.1 Å². The maximum absolute atomic E-state index is 4.50. The zero-order chi connectivity index (χ0) is 11.5. The van der Waals surface area contributed by atoms with Crippen molar-refractivity contribution in [2.24, 2.45) is 18.0 Å². The van der Waals surface area contributed by atoms with Crippen LogP contribution in [-0.2, 0) is 7.05 Å². The molecule has 0 spiro atoms. The molecule has 88 valence electrons. The molecule has 1 aliphatic rings. The Labute approximate surface area is 99.7 Å². The number of hydrogen-bond acceptors (Lipinski definition) is 5. The molecule has 0 aromatic carbocycles. The molecule has 2 rings (SSSR count). The van der Waals surface area contributed by atoms with Gasteiger partial charge in [0.2, 0.25) is 0 Å². The van der Waals surface area contributed by atoms with Gasteiger partial charge < -0.3 is 9.88 Å². The summed E-state index contributed by atoms with van der Waals surface area (Å²) in [4.78, 5) is 4.50. The Kier molecular flexibility index (Phi) is 3.48. The van der Waals surface area contributed by atoms with Gasteiger partial charge in [-0.25, -0.2) is 0 Å². The molecule has 2 heterocycles. The van der Waals surface area contributed by atoms with Crippen molar-refractivity contribution >= 4 is 16.9 Å². The van der Waals surface area contributed by atoms with Crippen LogP contribution in [0.15, 0.2) is 11.3 Å². The summed E-state index contributed by atoms with van der Waals surface area (Å²) in [7, 11) is 1.95. The molecule has 5 nitrogen and oxygen atoms in total. The van der Waals surface area contributed by atoms with Gasteiger partial charge in [-0.05, 0) is 12.8 Å². The Morgan fingerprint density at radius 1 is 1.62 bits per heavy atom. The number of hydrogen-bond donors (Lipinski definition) is 1. The zero-order valence-corrected chi connectivity index (χ0v) is 10.7. The molecule has 0 saturated heterocycles. The van der Waals surface area contributed by atoms with Crippen LogP contribution in [0.3, 0.4) is 0 Å². The first kappa shape index (κ1) is 11.4. The zero-order valence-electron chi connectivity index (χ0n) is 9.84. The van der Waals surface area contributed by atoms with Gasteiger partial charge in [0, 0.05) is 19.3 Å². The van der Waals surface area contributed by atoms with Crippen LogP contribution in [0.1, 0.15) is 25.7 Å². The van der Waals surface area contributed by atoms with E-state index in [4.69, 9.17) is 0 Å². The minimum absolute atomic E-state index is 0.146. The lowest BCUT2D eigenvalue weighted by Gasteiger charge is -2.20. The standard InChI is InChI=1S/C10H17N5S/c1-7-4-11-10(16-5-7)13-8(2)9-14-12-6-15(9)3/h6-8H,4-5H2,1-3H3,(H,11,13). The van der Waals surface area contributed by atoms with E-state index in [9.17, 15) is 0 Å². The van der Waals surface area contributed by atoms with E-state index < -0.39 is 0 Å². The number of rotatable bonds is 2. The fraction of sp³-hybridized carbons (Fsp3) is 0.700. The van der Waals surface area contributed by atoms with Crippen molar-refractivity contribution in [1.82, 2.24) is 20.1 Å². The van der Waals surface area contributed by atoms with Crippen LogP contribution in [0.25, 0.3) is 0 Å². The number of aliphatic imine (C=N–C) groups is 1. The quantitative estimate of drug-likeness (QED) is 0.842. The van der Waals surface area contributed by atoms with Gasteiger partial charge in [0.15, 0.2) is 11.0 Å². The van der Waals surface area contributed by atoms with Crippen molar-refractivity contribution in [3.63, 3.8) is 0 Å². The summed E-state index contributed by atoms with van der Waals surface area (Å²) in [5.74, 6) is 2.75. The van der Waals surface area contributed by atoms with E-state index in [1.165, 1.54) is 0 Å². The Hall–Kier alpha value is -1.04.